The van der Waals surface area contributed by atoms with Crippen molar-refractivity contribution in [2.75, 3.05) is 53.0 Å². The number of aliphatic hydroxyl groups excluding tert-OH is 2. The van der Waals surface area contributed by atoms with Gasteiger partial charge in [0.15, 0.2) is 0 Å². The van der Waals surface area contributed by atoms with Crippen LogP contribution in [0.3, 0.4) is 0 Å². The molecule has 0 aromatic heterocycles. The van der Waals surface area contributed by atoms with Gasteiger partial charge in [0.25, 0.3) is 0 Å². The Morgan fingerprint density at radius 3 is 1.29 bits per heavy atom. The molecule has 0 spiro atoms. The van der Waals surface area contributed by atoms with Crippen LogP contribution in [0, 0.1) is 29.6 Å². The molecule has 1 heterocycles. The SMILES string of the molecule is CC.CC(C)C1CCCCC1.CC(C)CCCN1CCN(C)CC1.CCC.CCC(CO)C(C)C.CCCC.CCCO.c1ccccc1. The van der Waals surface area contributed by atoms with Crippen molar-refractivity contribution in [3.8, 4) is 0 Å². The Labute approximate surface area is 312 Å². The average Bonchev–Trinajstić information content (AvgIpc) is 3.13. The van der Waals surface area contributed by atoms with Gasteiger partial charge in [-0.05, 0) is 62.4 Å². The molecule has 0 bridgehead atoms. The summed E-state index contributed by atoms with van der Waals surface area (Å²) >= 11 is 0. The van der Waals surface area contributed by atoms with Gasteiger partial charge in [-0.15, -0.1) is 0 Å². The number of unbranched alkanes of at least 4 members (excludes halogenated alkanes) is 1. The van der Waals surface area contributed by atoms with E-state index in [1.165, 1.54) is 96.9 Å². The van der Waals surface area contributed by atoms with E-state index in [1.807, 2.05) is 57.2 Å². The molecule has 1 aliphatic carbocycles. The fraction of sp³-hybridized carbons (Fsp3) is 0.867. The van der Waals surface area contributed by atoms with Gasteiger partial charge in [-0.2, -0.15) is 0 Å². The number of aliphatic hydroxyl groups is 2. The van der Waals surface area contributed by atoms with Crippen LogP contribution in [0.5, 0.6) is 0 Å². The van der Waals surface area contributed by atoms with Crippen molar-refractivity contribution in [1.82, 2.24) is 9.80 Å². The zero-order valence-electron chi connectivity index (χ0n) is 36.6. The molecule has 4 nitrogen and oxygen atoms in total. The first-order chi connectivity index (χ1) is 23.4. The second-order valence-electron chi connectivity index (χ2n) is 14.5. The van der Waals surface area contributed by atoms with E-state index in [2.05, 4.69) is 93.0 Å². The molecule has 1 saturated heterocycles. The number of benzene rings is 1. The summed E-state index contributed by atoms with van der Waals surface area (Å²) in [5, 5.41) is 16.6. The van der Waals surface area contributed by atoms with Crippen molar-refractivity contribution in [1.29, 1.82) is 0 Å². The zero-order chi connectivity index (χ0) is 38.7. The number of likely N-dealkylation sites (N-methyl/N-ethyl adjacent to an activating group) is 1. The smallest absolute Gasteiger partial charge is 0.0461 e. The fourth-order valence-electron chi connectivity index (χ4n) is 4.79. The molecular weight excluding hydrogens is 601 g/mol. The quantitative estimate of drug-likeness (QED) is 0.256. The third-order valence-corrected chi connectivity index (χ3v) is 8.54. The van der Waals surface area contributed by atoms with Gasteiger partial charge in [0.2, 0.25) is 0 Å². The Morgan fingerprint density at radius 2 is 1.06 bits per heavy atom. The van der Waals surface area contributed by atoms with E-state index < -0.39 is 0 Å². The first-order valence-corrected chi connectivity index (χ1v) is 21.1. The third-order valence-electron chi connectivity index (χ3n) is 8.54. The summed E-state index contributed by atoms with van der Waals surface area (Å²) in [7, 11) is 2.21. The molecule has 1 unspecified atom stereocenters. The minimum atomic E-state index is 0.319. The zero-order valence-corrected chi connectivity index (χ0v) is 36.6. The molecule has 1 aliphatic heterocycles. The Bertz CT molecular complexity index is 585. The lowest BCUT2D eigenvalue weighted by Gasteiger charge is -2.32. The molecule has 2 fully saturated rings. The molecule has 1 atom stereocenters. The van der Waals surface area contributed by atoms with Gasteiger partial charge >= 0.3 is 0 Å². The van der Waals surface area contributed by atoms with Crippen LogP contribution < -0.4 is 0 Å². The summed E-state index contributed by atoms with van der Waals surface area (Å²) in [6, 6.07) is 12.0. The molecule has 3 rings (SSSR count). The highest BCUT2D eigenvalue weighted by atomic mass is 16.3. The maximum absolute atomic E-state index is 8.70. The summed E-state index contributed by atoms with van der Waals surface area (Å²) in [5.41, 5.74) is 0. The van der Waals surface area contributed by atoms with Crippen molar-refractivity contribution in [2.45, 2.75) is 174 Å². The highest BCUT2D eigenvalue weighted by molar-refractivity contribution is 4.99. The summed E-state index contributed by atoms with van der Waals surface area (Å²) in [6.07, 6.45) is 16.1. The van der Waals surface area contributed by atoms with Crippen LogP contribution in [0.25, 0.3) is 0 Å². The van der Waals surface area contributed by atoms with Gasteiger partial charge in [0.1, 0.15) is 0 Å². The lowest BCUT2D eigenvalue weighted by molar-refractivity contribution is 0.151. The maximum Gasteiger partial charge on any atom is 0.0461 e. The van der Waals surface area contributed by atoms with E-state index >= 15 is 0 Å². The lowest BCUT2D eigenvalue weighted by atomic mass is 9.82. The van der Waals surface area contributed by atoms with Gasteiger partial charge < -0.3 is 20.0 Å². The van der Waals surface area contributed by atoms with Gasteiger partial charge in [-0.25, -0.2) is 0 Å². The van der Waals surface area contributed by atoms with Crippen LogP contribution in [-0.2, 0) is 0 Å². The minimum Gasteiger partial charge on any atom is -0.396 e. The van der Waals surface area contributed by atoms with Crippen molar-refractivity contribution >= 4 is 0 Å². The Hall–Kier alpha value is -0.940. The van der Waals surface area contributed by atoms with E-state index in [1.54, 1.807) is 0 Å². The second-order valence-corrected chi connectivity index (χ2v) is 14.5. The first kappa shape index (κ1) is 57.4. The lowest BCUT2D eigenvalue weighted by Crippen LogP contribution is -2.44. The Kier molecular flexibility index (Phi) is 57.6. The van der Waals surface area contributed by atoms with Gasteiger partial charge in [0, 0.05) is 39.4 Å². The van der Waals surface area contributed by atoms with Crippen LogP contribution >= 0.6 is 0 Å². The van der Waals surface area contributed by atoms with E-state index in [4.69, 9.17) is 10.2 Å². The van der Waals surface area contributed by atoms with Crippen LogP contribution in [0.2, 0.25) is 0 Å². The normalized spacial score (nSPS) is 14.9. The number of nitrogens with zero attached hydrogens (tertiary/aromatic N) is 2. The van der Waals surface area contributed by atoms with Crippen molar-refractivity contribution in [3.05, 3.63) is 36.4 Å². The molecule has 1 saturated carbocycles. The molecule has 49 heavy (non-hydrogen) atoms. The molecule has 0 amide bonds. The second kappa shape index (κ2) is 49.2. The summed E-state index contributed by atoms with van der Waals surface area (Å²) in [6.45, 7) is 37.3. The standard InChI is InChI=1S/C11H24N2.C9H18.C7H16O.C6H6.C4H10.C3H8O.C3H8.C2H6/c1-11(2)5-4-6-13-9-7-12(3)8-10-13;1-8(2)9-6-4-3-5-7-9;1-4-7(5-8)6(2)3;1-2-4-6-5-3-1;1-3-4-2;1-2-3-4;1-3-2;1-2/h11H,4-10H2,1-3H3;8-9H,3-7H2,1-2H3;6-8H,4-5H2,1-3H3;1-6H;3-4H2,1-2H3;4H,2-3H2,1H3;3H2,1-2H3;1-2H3. The third kappa shape index (κ3) is 51.5. The highest BCUT2D eigenvalue weighted by Gasteiger charge is 2.16. The highest BCUT2D eigenvalue weighted by Crippen LogP contribution is 2.29. The van der Waals surface area contributed by atoms with Gasteiger partial charge in [-0.3, -0.25) is 0 Å². The monoisotopic (exact) mass is 697 g/mol. The molecule has 2 aliphatic rings. The van der Waals surface area contributed by atoms with E-state index in [-0.39, 0.29) is 0 Å². The maximum atomic E-state index is 8.70. The summed E-state index contributed by atoms with van der Waals surface area (Å²) < 4.78 is 0. The Balaban J connectivity index is -0.000000161. The van der Waals surface area contributed by atoms with Gasteiger partial charge in [0.05, 0.1) is 0 Å². The van der Waals surface area contributed by atoms with E-state index in [9.17, 15) is 0 Å². The fourth-order valence-corrected chi connectivity index (χ4v) is 4.79. The largest absolute Gasteiger partial charge is 0.396 e. The first-order valence-electron chi connectivity index (χ1n) is 21.1. The summed E-state index contributed by atoms with van der Waals surface area (Å²) in [4.78, 5) is 5.02. The molecule has 0 radical (unpaired) electrons. The van der Waals surface area contributed by atoms with Gasteiger partial charge in [-0.1, -0.05) is 191 Å². The number of piperazine rings is 1. The van der Waals surface area contributed by atoms with Crippen LogP contribution in [-0.4, -0.2) is 73.0 Å². The molecule has 298 valence electrons. The topological polar surface area (TPSA) is 46.9 Å². The molecule has 2 N–H and O–H groups in total. The van der Waals surface area contributed by atoms with Crippen molar-refractivity contribution in [3.63, 3.8) is 0 Å². The predicted molar refractivity (Wildman–Crippen MR) is 227 cm³/mol. The average molecular weight is 697 g/mol. The molecular formula is C45H96N2O2. The molecule has 1 aromatic carbocycles. The van der Waals surface area contributed by atoms with Crippen molar-refractivity contribution < 1.29 is 10.2 Å². The molecule has 1 aromatic rings. The number of rotatable bonds is 10. The van der Waals surface area contributed by atoms with Crippen LogP contribution in [0.4, 0.5) is 0 Å². The van der Waals surface area contributed by atoms with Crippen molar-refractivity contribution in [2.24, 2.45) is 29.6 Å². The van der Waals surface area contributed by atoms with E-state index in [0.29, 0.717) is 25.0 Å². The number of hydrogen-bond donors (Lipinski definition) is 2. The predicted octanol–water partition coefficient (Wildman–Crippen LogP) is 12.9. The van der Waals surface area contributed by atoms with E-state index in [0.717, 1.165) is 30.6 Å². The van der Waals surface area contributed by atoms with Crippen LogP contribution in [0.15, 0.2) is 36.4 Å². The van der Waals surface area contributed by atoms with Crippen LogP contribution in [0.1, 0.15) is 174 Å². The Morgan fingerprint density at radius 1 is 0.653 bits per heavy atom. The molecule has 4 heteroatoms. The minimum absolute atomic E-state index is 0.319. The number of hydrogen-bond acceptors (Lipinski definition) is 4. The summed E-state index contributed by atoms with van der Waals surface area (Å²) in [5.74, 6) is 4.00.